The highest BCUT2D eigenvalue weighted by Gasteiger charge is 2.23. The Morgan fingerprint density at radius 1 is 1.04 bits per heavy atom. The van der Waals surface area contributed by atoms with Gasteiger partial charge in [0.1, 0.15) is 11.5 Å². The number of carbonyl (C=O) groups is 1. The standard InChI is InChI=1S/C16H8Cl3IN2O/c17-9-2-1-8(13(19)6-9)5-14-16(23)22-15(21-14)11-7-10(20)3-4-12(11)18/h1-7H,(H,21,22,23). The lowest BCUT2D eigenvalue weighted by Crippen LogP contribution is -2.25. The Labute approximate surface area is 161 Å². The van der Waals surface area contributed by atoms with Crippen molar-refractivity contribution in [1.82, 2.24) is 5.32 Å². The summed E-state index contributed by atoms with van der Waals surface area (Å²) in [6.45, 7) is 0. The molecule has 116 valence electrons. The summed E-state index contributed by atoms with van der Waals surface area (Å²) in [7, 11) is 0. The number of benzene rings is 2. The first-order valence-electron chi connectivity index (χ1n) is 6.46. The summed E-state index contributed by atoms with van der Waals surface area (Å²) in [4.78, 5) is 16.5. The fourth-order valence-corrected chi connectivity index (χ4v) is 3.20. The highest BCUT2D eigenvalue weighted by atomic mass is 127. The van der Waals surface area contributed by atoms with Crippen molar-refractivity contribution >= 4 is 75.2 Å². The third kappa shape index (κ3) is 3.71. The molecule has 1 amide bonds. The van der Waals surface area contributed by atoms with Crippen LogP contribution in [-0.2, 0) is 4.79 Å². The Kier molecular flexibility index (Phi) is 4.96. The fraction of sp³-hybridized carbons (Fsp3) is 0. The number of hydrogen-bond donors (Lipinski definition) is 1. The van der Waals surface area contributed by atoms with Gasteiger partial charge in [-0.3, -0.25) is 4.79 Å². The van der Waals surface area contributed by atoms with E-state index in [2.05, 4.69) is 32.9 Å². The Bertz CT molecular complexity index is 878. The van der Waals surface area contributed by atoms with Crippen LogP contribution in [0.3, 0.4) is 0 Å². The summed E-state index contributed by atoms with van der Waals surface area (Å²) >= 11 is 20.4. The second kappa shape index (κ2) is 6.81. The quantitative estimate of drug-likeness (QED) is 0.471. The van der Waals surface area contributed by atoms with Crippen LogP contribution in [0.15, 0.2) is 47.1 Å². The molecule has 0 atom stereocenters. The van der Waals surface area contributed by atoms with Crippen molar-refractivity contribution in [1.29, 1.82) is 0 Å². The molecule has 0 saturated carbocycles. The summed E-state index contributed by atoms with van der Waals surface area (Å²) in [5.41, 5.74) is 1.61. The minimum atomic E-state index is -0.305. The van der Waals surface area contributed by atoms with Crippen molar-refractivity contribution in [2.45, 2.75) is 0 Å². The van der Waals surface area contributed by atoms with Crippen molar-refractivity contribution in [3.8, 4) is 0 Å². The molecule has 1 aliphatic rings. The van der Waals surface area contributed by atoms with E-state index >= 15 is 0 Å². The first-order valence-corrected chi connectivity index (χ1v) is 8.67. The fourth-order valence-electron chi connectivity index (χ4n) is 2.04. The smallest absolute Gasteiger partial charge is 0.275 e. The molecule has 23 heavy (non-hydrogen) atoms. The molecule has 0 fully saturated rings. The summed E-state index contributed by atoms with van der Waals surface area (Å²) in [5.74, 6) is 0.121. The molecule has 0 saturated heterocycles. The Morgan fingerprint density at radius 2 is 1.83 bits per heavy atom. The predicted molar refractivity (Wildman–Crippen MR) is 103 cm³/mol. The zero-order valence-electron chi connectivity index (χ0n) is 11.4. The maximum Gasteiger partial charge on any atom is 0.275 e. The van der Waals surface area contributed by atoms with E-state index in [9.17, 15) is 4.79 Å². The first-order chi connectivity index (χ1) is 10.9. The van der Waals surface area contributed by atoms with Crippen LogP contribution in [0.25, 0.3) is 6.08 Å². The van der Waals surface area contributed by atoms with Crippen LogP contribution in [0.4, 0.5) is 0 Å². The summed E-state index contributed by atoms with van der Waals surface area (Å²) in [6, 6.07) is 10.6. The molecule has 1 N–H and O–H groups in total. The predicted octanol–water partition coefficient (Wildman–Crippen LogP) is 5.17. The van der Waals surface area contributed by atoms with E-state index in [0.717, 1.165) is 3.57 Å². The van der Waals surface area contributed by atoms with Gasteiger partial charge in [0.2, 0.25) is 0 Å². The minimum Gasteiger partial charge on any atom is -0.305 e. The number of hydrogen-bond acceptors (Lipinski definition) is 2. The summed E-state index contributed by atoms with van der Waals surface area (Å²) < 4.78 is 0.997. The molecule has 1 heterocycles. The van der Waals surface area contributed by atoms with Gasteiger partial charge in [0, 0.05) is 19.2 Å². The van der Waals surface area contributed by atoms with Gasteiger partial charge in [0.05, 0.1) is 5.02 Å². The summed E-state index contributed by atoms with van der Waals surface area (Å²) in [6.07, 6.45) is 1.61. The van der Waals surface area contributed by atoms with E-state index in [0.29, 0.717) is 32.0 Å². The van der Waals surface area contributed by atoms with Gasteiger partial charge < -0.3 is 5.32 Å². The number of nitrogens with one attached hydrogen (secondary N) is 1. The van der Waals surface area contributed by atoms with Crippen molar-refractivity contribution in [2.75, 3.05) is 0 Å². The maximum absolute atomic E-state index is 12.1. The molecule has 3 nitrogen and oxygen atoms in total. The Morgan fingerprint density at radius 3 is 2.57 bits per heavy atom. The van der Waals surface area contributed by atoms with E-state index in [4.69, 9.17) is 34.8 Å². The molecule has 7 heteroatoms. The monoisotopic (exact) mass is 476 g/mol. The first kappa shape index (κ1) is 16.8. The minimum absolute atomic E-state index is 0.263. The molecule has 0 aliphatic carbocycles. The second-order valence-corrected chi connectivity index (χ2v) is 7.23. The van der Waals surface area contributed by atoms with Gasteiger partial charge in [-0.1, -0.05) is 40.9 Å². The number of nitrogens with zero attached hydrogens (tertiary/aromatic N) is 1. The number of rotatable bonds is 2. The van der Waals surface area contributed by atoms with E-state index in [-0.39, 0.29) is 11.6 Å². The van der Waals surface area contributed by atoms with Crippen LogP contribution in [0, 0.1) is 3.57 Å². The molecule has 0 aromatic heterocycles. The molecule has 0 unspecified atom stereocenters. The molecule has 2 aromatic rings. The van der Waals surface area contributed by atoms with E-state index < -0.39 is 0 Å². The van der Waals surface area contributed by atoms with Crippen molar-refractivity contribution in [3.63, 3.8) is 0 Å². The number of halogens is 4. The molecule has 1 aliphatic heterocycles. The molecular formula is C16H8Cl3IN2O. The van der Waals surface area contributed by atoms with Crippen LogP contribution in [0.5, 0.6) is 0 Å². The number of amidine groups is 1. The third-order valence-electron chi connectivity index (χ3n) is 3.14. The van der Waals surface area contributed by atoms with E-state index in [1.165, 1.54) is 0 Å². The number of amides is 1. The number of aliphatic imine (C=N–C) groups is 1. The zero-order valence-corrected chi connectivity index (χ0v) is 15.8. The van der Waals surface area contributed by atoms with Gasteiger partial charge in [-0.15, -0.1) is 0 Å². The lowest BCUT2D eigenvalue weighted by atomic mass is 10.2. The van der Waals surface area contributed by atoms with Gasteiger partial charge in [-0.05, 0) is 64.6 Å². The lowest BCUT2D eigenvalue weighted by Gasteiger charge is -2.03. The SMILES string of the molecule is O=C1NC(c2cc(I)ccc2Cl)=NC1=Cc1ccc(Cl)cc1Cl. The van der Waals surface area contributed by atoms with Crippen molar-refractivity contribution < 1.29 is 4.79 Å². The van der Waals surface area contributed by atoms with Gasteiger partial charge in [-0.25, -0.2) is 4.99 Å². The number of carbonyl (C=O) groups excluding carboxylic acids is 1. The van der Waals surface area contributed by atoms with Crippen LogP contribution >= 0.6 is 57.4 Å². The molecule has 0 spiro atoms. The van der Waals surface area contributed by atoms with Gasteiger partial charge in [0.15, 0.2) is 0 Å². The molecule has 0 radical (unpaired) electrons. The van der Waals surface area contributed by atoms with Gasteiger partial charge in [0.25, 0.3) is 5.91 Å². The highest BCUT2D eigenvalue weighted by molar-refractivity contribution is 14.1. The average Bonchev–Trinajstić information content (AvgIpc) is 2.85. The van der Waals surface area contributed by atoms with Crippen LogP contribution in [0.1, 0.15) is 11.1 Å². The summed E-state index contributed by atoms with van der Waals surface area (Å²) in [5, 5.41) is 4.23. The molecule has 2 aromatic carbocycles. The average molecular weight is 478 g/mol. The van der Waals surface area contributed by atoms with Crippen LogP contribution in [0.2, 0.25) is 15.1 Å². The van der Waals surface area contributed by atoms with Crippen molar-refractivity contribution in [2.24, 2.45) is 4.99 Å². The second-order valence-electron chi connectivity index (χ2n) is 4.73. The topological polar surface area (TPSA) is 41.5 Å². The van der Waals surface area contributed by atoms with Crippen LogP contribution < -0.4 is 5.32 Å². The molecular weight excluding hydrogens is 469 g/mol. The zero-order chi connectivity index (χ0) is 16.6. The van der Waals surface area contributed by atoms with Crippen molar-refractivity contribution in [3.05, 3.63) is 71.9 Å². The lowest BCUT2D eigenvalue weighted by molar-refractivity contribution is -0.115. The Balaban J connectivity index is 2.01. The Hall–Kier alpha value is -1.08. The normalized spacial score (nSPS) is 15.7. The van der Waals surface area contributed by atoms with E-state index in [1.54, 1.807) is 30.3 Å². The van der Waals surface area contributed by atoms with Gasteiger partial charge in [-0.2, -0.15) is 0 Å². The molecule has 0 bridgehead atoms. The van der Waals surface area contributed by atoms with Gasteiger partial charge >= 0.3 is 0 Å². The van der Waals surface area contributed by atoms with Crippen LogP contribution in [-0.4, -0.2) is 11.7 Å². The van der Waals surface area contributed by atoms with E-state index in [1.807, 2.05) is 12.1 Å². The third-order valence-corrected chi connectivity index (χ3v) is 4.70. The molecule has 3 rings (SSSR count). The highest BCUT2D eigenvalue weighted by Crippen LogP contribution is 2.26. The largest absolute Gasteiger partial charge is 0.305 e. The maximum atomic E-state index is 12.1.